The summed E-state index contributed by atoms with van der Waals surface area (Å²) in [5.74, 6) is 2.47. The quantitative estimate of drug-likeness (QED) is 0.674. The molecular weight excluding hydrogens is 398 g/mol. The van der Waals surface area contributed by atoms with Crippen LogP contribution in [0, 0.1) is 17.8 Å². The number of fused-ring (bicyclic) bond motifs is 2. The molecule has 4 rings (SSSR count). The third-order valence-corrected chi connectivity index (χ3v) is 7.25. The lowest BCUT2D eigenvalue weighted by atomic mass is 9.62. The van der Waals surface area contributed by atoms with Crippen molar-refractivity contribution in [2.75, 3.05) is 13.2 Å². The van der Waals surface area contributed by atoms with Crippen molar-refractivity contribution in [3.8, 4) is 5.88 Å². The molecule has 7 heteroatoms. The molecule has 2 fully saturated rings. The molecule has 2 aromatic rings. The highest BCUT2D eigenvalue weighted by molar-refractivity contribution is 7.99. The SMILES string of the molecule is CC1CC2CC(C1)CC(C)(NC(=O)c1onc(OCCN)c1Sc1ccccc1)C2. The van der Waals surface area contributed by atoms with Gasteiger partial charge in [-0.2, -0.15) is 0 Å². The number of nitrogens with zero attached hydrogens (tertiary/aromatic N) is 1. The van der Waals surface area contributed by atoms with Crippen molar-refractivity contribution < 1.29 is 14.1 Å². The molecule has 0 aliphatic heterocycles. The molecule has 162 valence electrons. The van der Waals surface area contributed by atoms with Crippen LogP contribution in [-0.4, -0.2) is 29.8 Å². The zero-order chi connectivity index (χ0) is 21.1. The van der Waals surface area contributed by atoms with Gasteiger partial charge in [-0.05, 0) is 74.1 Å². The topological polar surface area (TPSA) is 90.4 Å². The van der Waals surface area contributed by atoms with E-state index < -0.39 is 0 Å². The molecule has 1 aromatic carbocycles. The normalized spacial score (nSPS) is 28.2. The second kappa shape index (κ2) is 9.02. The van der Waals surface area contributed by atoms with Crippen molar-refractivity contribution in [1.29, 1.82) is 0 Å². The Labute approximate surface area is 182 Å². The third kappa shape index (κ3) is 4.83. The Balaban J connectivity index is 1.54. The first-order chi connectivity index (χ1) is 14.5. The molecule has 2 atom stereocenters. The number of carbonyl (C=O) groups is 1. The maximum atomic E-state index is 13.3. The Kier molecular flexibility index (Phi) is 6.39. The largest absolute Gasteiger partial charge is 0.473 e. The first kappa shape index (κ1) is 21.2. The van der Waals surface area contributed by atoms with Crippen molar-refractivity contribution >= 4 is 17.7 Å². The molecule has 6 nitrogen and oxygen atoms in total. The van der Waals surface area contributed by atoms with Gasteiger partial charge in [-0.15, -0.1) is 0 Å². The number of rotatable bonds is 7. The first-order valence-corrected chi connectivity index (χ1v) is 11.7. The highest BCUT2D eigenvalue weighted by Gasteiger charge is 2.42. The molecule has 2 aliphatic carbocycles. The van der Waals surface area contributed by atoms with Gasteiger partial charge in [-0.25, -0.2) is 0 Å². The van der Waals surface area contributed by atoms with E-state index in [4.69, 9.17) is 15.0 Å². The Bertz CT molecular complexity index is 852. The fraction of sp³-hybridized carbons (Fsp3) is 0.565. The lowest BCUT2D eigenvalue weighted by Crippen LogP contribution is -2.52. The van der Waals surface area contributed by atoms with Gasteiger partial charge in [0, 0.05) is 17.0 Å². The monoisotopic (exact) mass is 429 g/mol. The maximum absolute atomic E-state index is 13.3. The maximum Gasteiger partial charge on any atom is 0.291 e. The van der Waals surface area contributed by atoms with Crippen molar-refractivity contribution in [3.63, 3.8) is 0 Å². The third-order valence-electron chi connectivity index (χ3n) is 6.18. The number of hydrogen-bond donors (Lipinski definition) is 2. The van der Waals surface area contributed by atoms with Gasteiger partial charge >= 0.3 is 0 Å². The number of ether oxygens (including phenoxy) is 1. The van der Waals surface area contributed by atoms with Crippen LogP contribution in [0.2, 0.25) is 0 Å². The number of amides is 1. The van der Waals surface area contributed by atoms with Crippen molar-refractivity contribution in [2.24, 2.45) is 23.5 Å². The predicted molar refractivity (Wildman–Crippen MR) is 117 cm³/mol. The number of carbonyl (C=O) groups excluding carboxylic acids is 1. The molecule has 2 unspecified atom stereocenters. The van der Waals surface area contributed by atoms with Crippen LogP contribution < -0.4 is 15.8 Å². The van der Waals surface area contributed by atoms with Gasteiger partial charge in [0.05, 0.1) is 0 Å². The summed E-state index contributed by atoms with van der Waals surface area (Å²) in [6.45, 7) is 5.20. The first-order valence-electron chi connectivity index (χ1n) is 10.8. The second-order valence-corrected chi connectivity index (χ2v) is 10.2. The summed E-state index contributed by atoms with van der Waals surface area (Å²) < 4.78 is 11.1. The van der Waals surface area contributed by atoms with Crippen LogP contribution in [0.5, 0.6) is 5.88 Å². The zero-order valence-corrected chi connectivity index (χ0v) is 18.5. The predicted octanol–water partition coefficient (Wildman–Crippen LogP) is 4.50. The number of benzene rings is 1. The highest BCUT2D eigenvalue weighted by atomic mass is 32.2. The Morgan fingerprint density at radius 3 is 2.63 bits per heavy atom. The van der Waals surface area contributed by atoms with Crippen molar-refractivity contribution in [2.45, 2.75) is 61.3 Å². The second-order valence-electron chi connectivity index (χ2n) is 9.17. The van der Waals surface area contributed by atoms with Crippen molar-refractivity contribution in [1.82, 2.24) is 10.5 Å². The minimum Gasteiger partial charge on any atom is -0.473 e. The number of aromatic nitrogens is 1. The minimum absolute atomic E-state index is 0.209. The lowest BCUT2D eigenvalue weighted by Gasteiger charge is -2.47. The zero-order valence-electron chi connectivity index (χ0n) is 17.7. The van der Waals surface area contributed by atoms with Crippen LogP contribution in [0.3, 0.4) is 0 Å². The standard InChI is InChI=1S/C23H31N3O3S/c1-15-10-16-12-17(11-15)14-23(2,13-16)25-21(27)19-20(22(26-29-19)28-9-8-24)30-18-6-4-3-5-7-18/h3-7,15-17H,8-14,24H2,1-2H3,(H,25,27). The average molecular weight is 430 g/mol. The average Bonchev–Trinajstić information content (AvgIpc) is 3.08. The summed E-state index contributed by atoms with van der Waals surface area (Å²) in [7, 11) is 0. The van der Waals surface area contributed by atoms with Gasteiger partial charge in [0.25, 0.3) is 11.8 Å². The van der Waals surface area contributed by atoms with E-state index in [1.54, 1.807) is 0 Å². The molecule has 0 spiro atoms. The van der Waals surface area contributed by atoms with Gasteiger partial charge in [0.2, 0.25) is 5.76 Å². The van der Waals surface area contributed by atoms with Crippen LogP contribution >= 0.6 is 11.8 Å². The van der Waals surface area contributed by atoms with Gasteiger partial charge in [0.15, 0.2) is 0 Å². The molecule has 30 heavy (non-hydrogen) atoms. The summed E-state index contributed by atoms with van der Waals surface area (Å²) >= 11 is 1.42. The number of hydrogen-bond acceptors (Lipinski definition) is 6. The molecule has 1 aromatic heterocycles. The fourth-order valence-corrected chi connectivity index (χ4v) is 6.31. The summed E-state index contributed by atoms with van der Waals surface area (Å²) in [5.41, 5.74) is 5.35. The van der Waals surface area contributed by atoms with E-state index >= 15 is 0 Å². The molecule has 2 bridgehead atoms. The number of nitrogens with one attached hydrogen (secondary N) is 1. The van der Waals surface area contributed by atoms with E-state index in [-0.39, 0.29) is 17.2 Å². The summed E-state index contributed by atoms with van der Waals surface area (Å²) in [4.78, 5) is 14.8. The van der Waals surface area contributed by atoms with Crippen LogP contribution in [0.15, 0.2) is 44.6 Å². The minimum atomic E-state index is -0.223. The van der Waals surface area contributed by atoms with Gasteiger partial charge in [-0.3, -0.25) is 4.79 Å². The van der Waals surface area contributed by atoms with Gasteiger partial charge in [0.1, 0.15) is 11.5 Å². The Hall–Kier alpha value is -1.99. The molecule has 1 heterocycles. The fourth-order valence-electron chi connectivity index (χ4n) is 5.38. The molecule has 2 aliphatic rings. The molecule has 3 N–H and O–H groups in total. The summed E-state index contributed by atoms with van der Waals surface area (Å²) in [6, 6.07) is 9.84. The van der Waals surface area contributed by atoms with E-state index in [2.05, 4.69) is 24.3 Å². The Morgan fingerprint density at radius 2 is 1.97 bits per heavy atom. The van der Waals surface area contributed by atoms with Gasteiger partial charge < -0.3 is 20.3 Å². The lowest BCUT2D eigenvalue weighted by molar-refractivity contribution is 0.0591. The molecule has 0 saturated heterocycles. The summed E-state index contributed by atoms with van der Waals surface area (Å²) in [5, 5.41) is 7.30. The molecule has 1 amide bonds. The molecular formula is C23H31N3O3S. The smallest absolute Gasteiger partial charge is 0.291 e. The van der Waals surface area contributed by atoms with E-state index in [0.717, 1.165) is 23.7 Å². The number of nitrogens with two attached hydrogens (primary N) is 1. The molecule has 2 saturated carbocycles. The van der Waals surface area contributed by atoms with E-state index in [0.29, 0.717) is 35.8 Å². The Morgan fingerprint density at radius 1 is 1.27 bits per heavy atom. The van der Waals surface area contributed by atoms with Crippen molar-refractivity contribution in [3.05, 3.63) is 36.1 Å². The van der Waals surface area contributed by atoms with E-state index in [1.807, 2.05) is 30.3 Å². The van der Waals surface area contributed by atoms with Gasteiger partial charge in [-0.1, -0.05) is 36.9 Å². The van der Waals surface area contributed by atoms with E-state index in [9.17, 15) is 4.79 Å². The van der Waals surface area contributed by atoms with Crippen LogP contribution in [0.4, 0.5) is 0 Å². The van der Waals surface area contributed by atoms with Crippen LogP contribution in [0.1, 0.15) is 56.5 Å². The highest BCUT2D eigenvalue weighted by Crippen LogP contribution is 2.46. The van der Waals surface area contributed by atoms with E-state index in [1.165, 1.54) is 31.0 Å². The molecule has 0 radical (unpaired) electrons. The van der Waals surface area contributed by atoms with Crippen LogP contribution in [-0.2, 0) is 0 Å². The van der Waals surface area contributed by atoms with Crippen LogP contribution in [0.25, 0.3) is 0 Å². The summed E-state index contributed by atoms with van der Waals surface area (Å²) in [6.07, 6.45) is 5.86.